The molecule has 1 aliphatic heterocycles. The van der Waals surface area contributed by atoms with Crippen LogP contribution in [0.1, 0.15) is 39.5 Å². The highest BCUT2D eigenvalue weighted by Crippen LogP contribution is 2.22. The predicted molar refractivity (Wildman–Crippen MR) is 63.0 cm³/mol. The minimum atomic E-state index is -0.849. The van der Waals surface area contributed by atoms with Gasteiger partial charge in [-0.1, -0.05) is 0 Å². The maximum Gasteiger partial charge on any atom is 0.303 e. The molecular formula is C12H22O6. The zero-order valence-corrected chi connectivity index (χ0v) is 10.8. The van der Waals surface area contributed by atoms with Crippen molar-refractivity contribution in [3.63, 3.8) is 0 Å². The Morgan fingerprint density at radius 1 is 1.44 bits per heavy atom. The Bertz CT molecular complexity index is 269. The SMILES string of the molecule is CC1O[C@@H](O[C@H](C)CCCC(=O)O)[C@H](O)C[C@H]1O. The van der Waals surface area contributed by atoms with Crippen LogP contribution in [-0.4, -0.2) is 52.0 Å². The van der Waals surface area contributed by atoms with E-state index in [0.717, 1.165) is 0 Å². The van der Waals surface area contributed by atoms with E-state index in [1.54, 1.807) is 6.92 Å². The number of carboxylic acids is 1. The summed E-state index contributed by atoms with van der Waals surface area (Å²) in [5.74, 6) is -0.826. The van der Waals surface area contributed by atoms with Crippen LogP contribution in [0.15, 0.2) is 0 Å². The molecule has 0 aromatic carbocycles. The van der Waals surface area contributed by atoms with E-state index in [9.17, 15) is 15.0 Å². The van der Waals surface area contributed by atoms with Crippen molar-refractivity contribution in [2.24, 2.45) is 0 Å². The van der Waals surface area contributed by atoms with Crippen molar-refractivity contribution < 1.29 is 29.6 Å². The lowest BCUT2D eigenvalue weighted by Gasteiger charge is -2.36. The molecule has 1 unspecified atom stereocenters. The van der Waals surface area contributed by atoms with Gasteiger partial charge in [0.2, 0.25) is 0 Å². The molecule has 18 heavy (non-hydrogen) atoms. The lowest BCUT2D eigenvalue weighted by molar-refractivity contribution is -0.273. The van der Waals surface area contributed by atoms with E-state index in [4.69, 9.17) is 14.6 Å². The van der Waals surface area contributed by atoms with Gasteiger partial charge in [0.15, 0.2) is 6.29 Å². The van der Waals surface area contributed by atoms with E-state index in [0.29, 0.717) is 12.8 Å². The molecule has 0 aromatic rings. The number of hydrogen-bond acceptors (Lipinski definition) is 5. The fourth-order valence-electron chi connectivity index (χ4n) is 1.90. The molecule has 0 radical (unpaired) electrons. The monoisotopic (exact) mass is 262 g/mol. The topological polar surface area (TPSA) is 96.2 Å². The predicted octanol–water partition coefficient (Wildman–Crippen LogP) is 0.503. The Morgan fingerprint density at radius 3 is 2.72 bits per heavy atom. The number of rotatable bonds is 6. The summed E-state index contributed by atoms with van der Waals surface area (Å²) in [5.41, 5.74) is 0. The standard InChI is InChI=1S/C12H22O6/c1-7(4-3-5-11(15)16)17-12-10(14)6-9(13)8(2)18-12/h7-10,12-14H,3-6H2,1-2H3,(H,15,16)/t7-,8?,9-,10-,12-/m1/s1. The quantitative estimate of drug-likeness (QED) is 0.645. The van der Waals surface area contributed by atoms with E-state index in [1.165, 1.54) is 0 Å². The number of hydrogen-bond donors (Lipinski definition) is 3. The average molecular weight is 262 g/mol. The van der Waals surface area contributed by atoms with Gasteiger partial charge < -0.3 is 24.8 Å². The van der Waals surface area contributed by atoms with Crippen molar-refractivity contribution in [2.45, 2.75) is 70.2 Å². The molecule has 106 valence electrons. The Hall–Kier alpha value is -0.690. The molecule has 5 atom stereocenters. The number of carboxylic acid groups (broad SMARTS) is 1. The maximum absolute atomic E-state index is 10.4. The van der Waals surface area contributed by atoms with Gasteiger partial charge in [0.1, 0.15) is 6.10 Å². The van der Waals surface area contributed by atoms with Crippen molar-refractivity contribution in [2.75, 3.05) is 0 Å². The molecule has 6 heteroatoms. The molecular weight excluding hydrogens is 240 g/mol. The minimum absolute atomic E-state index is 0.108. The Labute approximate surface area is 107 Å². The molecule has 0 aliphatic carbocycles. The largest absolute Gasteiger partial charge is 0.481 e. The Kier molecular flexibility index (Phi) is 6.01. The smallest absolute Gasteiger partial charge is 0.303 e. The lowest BCUT2D eigenvalue weighted by atomic mass is 10.0. The molecule has 0 saturated carbocycles. The molecule has 1 heterocycles. The van der Waals surface area contributed by atoms with E-state index in [2.05, 4.69) is 0 Å². The van der Waals surface area contributed by atoms with Crippen molar-refractivity contribution >= 4 is 5.97 Å². The number of ether oxygens (including phenoxy) is 2. The molecule has 3 N–H and O–H groups in total. The fourth-order valence-corrected chi connectivity index (χ4v) is 1.90. The fraction of sp³-hybridized carbons (Fsp3) is 0.917. The summed E-state index contributed by atoms with van der Waals surface area (Å²) < 4.78 is 10.9. The Balaban J connectivity index is 2.30. The van der Waals surface area contributed by atoms with E-state index < -0.39 is 24.5 Å². The van der Waals surface area contributed by atoms with Crippen molar-refractivity contribution in [1.29, 1.82) is 0 Å². The van der Waals surface area contributed by atoms with Crippen LogP contribution in [0, 0.1) is 0 Å². The van der Waals surface area contributed by atoms with Crippen LogP contribution >= 0.6 is 0 Å². The number of carbonyl (C=O) groups is 1. The van der Waals surface area contributed by atoms with Gasteiger partial charge in [0, 0.05) is 12.8 Å². The number of aliphatic carboxylic acids is 1. The van der Waals surface area contributed by atoms with E-state index in [-0.39, 0.29) is 25.0 Å². The van der Waals surface area contributed by atoms with E-state index >= 15 is 0 Å². The van der Waals surface area contributed by atoms with Gasteiger partial charge in [-0.05, 0) is 26.7 Å². The second-order valence-electron chi connectivity index (χ2n) is 4.81. The Morgan fingerprint density at radius 2 is 2.11 bits per heavy atom. The first-order valence-corrected chi connectivity index (χ1v) is 6.29. The second kappa shape index (κ2) is 7.04. The zero-order valence-electron chi connectivity index (χ0n) is 10.8. The molecule has 0 bridgehead atoms. The normalized spacial score (nSPS) is 34.2. The summed E-state index contributed by atoms with van der Waals surface area (Å²) in [7, 11) is 0. The first-order chi connectivity index (χ1) is 8.40. The molecule has 1 saturated heterocycles. The lowest BCUT2D eigenvalue weighted by Crippen LogP contribution is -2.48. The van der Waals surface area contributed by atoms with E-state index in [1.807, 2.05) is 6.92 Å². The van der Waals surface area contributed by atoms with Gasteiger partial charge in [-0.3, -0.25) is 4.79 Å². The van der Waals surface area contributed by atoms with Crippen molar-refractivity contribution in [3.05, 3.63) is 0 Å². The van der Waals surface area contributed by atoms with Crippen molar-refractivity contribution in [3.8, 4) is 0 Å². The first-order valence-electron chi connectivity index (χ1n) is 6.29. The van der Waals surface area contributed by atoms with Crippen molar-refractivity contribution in [1.82, 2.24) is 0 Å². The molecule has 0 aromatic heterocycles. The summed E-state index contributed by atoms with van der Waals surface area (Å²) in [4.78, 5) is 10.4. The average Bonchev–Trinajstić information content (AvgIpc) is 2.25. The summed E-state index contributed by atoms with van der Waals surface area (Å²) in [6.07, 6.45) is -1.38. The van der Waals surface area contributed by atoms with Crippen LogP contribution < -0.4 is 0 Å². The third-order valence-electron chi connectivity index (χ3n) is 3.06. The van der Waals surface area contributed by atoms with Gasteiger partial charge in [0.05, 0.1) is 18.3 Å². The molecule has 1 aliphatic rings. The summed E-state index contributed by atoms with van der Waals surface area (Å²) >= 11 is 0. The molecule has 1 rings (SSSR count). The highest BCUT2D eigenvalue weighted by Gasteiger charge is 2.35. The van der Waals surface area contributed by atoms with Gasteiger partial charge in [-0.2, -0.15) is 0 Å². The molecule has 0 spiro atoms. The first kappa shape index (κ1) is 15.4. The third kappa shape index (κ3) is 4.89. The highest BCUT2D eigenvalue weighted by atomic mass is 16.7. The second-order valence-corrected chi connectivity index (χ2v) is 4.81. The summed E-state index contributed by atoms with van der Waals surface area (Å²) in [5, 5.41) is 27.7. The van der Waals surface area contributed by atoms with Crippen LogP contribution in [0.3, 0.4) is 0 Å². The van der Waals surface area contributed by atoms with Gasteiger partial charge in [-0.25, -0.2) is 0 Å². The van der Waals surface area contributed by atoms with Crippen LogP contribution in [0.4, 0.5) is 0 Å². The summed E-state index contributed by atoms with van der Waals surface area (Å²) in [6, 6.07) is 0. The zero-order chi connectivity index (χ0) is 13.7. The van der Waals surface area contributed by atoms with Gasteiger partial charge in [-0.15, -0.1) is 0 Å². The molecule has 6 nitrogen and oxygen atoms in total. The minimum Gasteiger partial charge on any atom is -0.481 e. The summed E-state index contributed by atoms with van der Waals surface area (Å²) in [6.45, 7) is 3.54. The highest BCUT2D eigenvalue weighted by molar-refractivity contribution is 5.66. The third-order valence-corrected chi connectivity index (χ3v) is 3.06. The van der Waals surface area contributed by atoms with Gasteiger partial charge in [0.25, 0.3) is 0 Å². The van der Waals surface area contributed by atoms with Crippen LogP contribution in [0.5, 0.6) is 0 Å². The van der Waals surface area contributed by atoms with Gasteiger partial charge >= 0.3 is 5.97 Å². The molecule has 1 fully saturated rings. The number of aliphatic hydroxyl groups is 2. The van der Waals surface area contributed by atoms with Crippen LogP contribution in [-0.2, 0) is 14.3 Å². The molecule has 0 amide bonds. The van der Waals surface area contributed by atoms with Crippen LogP contribution in [0.25, 0.3) is 0 Å². The maximum atomic E-state index is 10.4. The number of aliphatic hydroxyl groups excluding tert-OH is 2. The van der Waals surface area contributed by atoms with Crippen LogP contribution in [0.2, 0.25) is 0 Å².